The van der Waals surface area contributed by atoms with Crippen molar-refractivity contribution in [1.82, 2.24) is 9.80 Å². The van der Waals surface area contributed by atoms with E-state index in [4.69, 9.17) is 0 Å². The molecule has 0 saturated carbocycles. The number of aryl methyl sites for hydroxylation is 4. The standard InChI is InChI=1S/C22H32N2O2/c1-15-9-17(3)21(25)19(11-15)13-23(5)7-8-24(6)14-20-12-16(2)10-18(4)22(20)26/h9-12,25-26H,7-8,13-14H2,1-6H3. The van der Waals surface area contributed by atoms with Crippen LogP contribution in [0.1, 0.15) is 33.4 Å². The zero-order valence-corrected chi connectivity index (χ0v) is 16.9. The summed E-state index contributed by atoms with van der Waals surface area (Å²) in [4.78, 5) is 4.43. The molecule has 0 saturated heterocycles. The van der Waals surface area contributed by atoms with E-state index in [1.165, 1.54) is 11.1 Å². The van der Waals surface area contributed by atoms with E-state index in [-0.39, 0.29) is 0 Å². The third-order valence-electron chi connectivity index (χ3n) is 4.79. The Kier molecular flexibility index (Phi) is 6.68. The summed E-state index contributed by atoms with van der Waals surface area (Å²) in [5.74, 6) is 0.798. The molecule has 0 aliphatic carbocycles. The minimum Gasteiger partial charge on any atom is -0.507 e. The van der Waals surface area contributed by atoms with Crippen LogP contribution in [0.2, 0.25) is 0 Å². The van der Waals surface area contributed by atoms with Crippen LogP contribution in [0, 0.1) is 27.7 Å². The molecule has 2 aromatic carbocycles. The predicted molar refractivity (Wildman–Crippen MR) is 108 cm³/mol. The van der Waals surface area contributed by atoms with Gasteiger partial charge in [0, 0.05) is 37.3 Å². The molecule has 2 aromatic rings. The normalized spacial score (nSPS) is 11.5. The van der Waals surface area contributed by atoms with Gasteiger partial charge in [0.05, 0.1) is 0 Å². The lowest BCUT2D eigenvalue weighted by molar-refractivity contribution is 0.243. The smallest absolute Gasteiger partial charge is 0.122 e. The van der Waals surface area contributed by atoms with Crippen LogP contribution in [-0.2, 0) is 13.1 Å². The van der Waals surface area contributed by atoms with Crippen molar-refractivity contribution in [2.24, 2.45) is 0 Å². The van der Waals surface area contributed by atoms with E-state index in [0.29, 0.717) is 11.5 Å². The van der Waals surface area contributed by atoms with Gasteiger partial charge in [-0.15, -0.1) is 0 Å². The maximum absolute atomic E-state index is 10.3. The highest BCUT2D eigenvalue weighted by atomic mass is 16.3. The van der Waals surface area contributed by atoms with E-state index >= 15 is 0 Å². The van der Waals surface area contributed by atoms with Gasteiger partial charge in [-0.25, -0.2) is 0 Å². The molecule has 0 fully saturated rings. The fourth-order valence-electron chi connectivity index (χ4n) is 3.42. The van der Waals surface area contributed by atoms with Crippen molar-refractivity contribution >= 4 is 0 Å². The van der Waals surface area contributed by atoms with Gasteiger partial charge in [-0.2, -0.15) is 0 Å². The van der Waals surface area contributed by atoms with Crippen molar-refractivity contribution in [3.05, 3.63) is 57.6 Å². The Balaban J connectivity index is 1.92. The van der Waals surface area contributed by atoms with Gasteiger partial charge in [0.2, 0.25) is 0 Å². The van der Waals surface area contributed by atoms with Gasteiger partial charge in [0.1, 0.15) is 11.5 Å². The number of nitrogens with zero attached hydrogens (tertiary/aromatic N) is 2. The second-order valence-corrected chi connectivity index (χ2v) is 7.65. The van der Waals surface area contributed by atoms with Crippen LogP contribution in [0.15, 0.2) is 24.3 Å². The number of aromatic hydroxyl groups is 2. The summed E-state index contributed by atoms with van der Waals surface area (Å²) >= 11 is 0. The minimum absolute atomic E-state index is 0.399. The Morgan fingerprint density at radius 1 is 0.654 bits per heavy atom. The van der Waals surface area contributed by atoms with Gasteiger partial charge in [-0.3, -0.25) is 0 Å². The SMILES string of the molecule is Cc1cc(C)c(O)c(CN(C)CCN(C)Cc2cc(C)cc(C)c2O)c1. The van der Waals surface area contributed by atoms with Gasteiger partial charge < -0.3 is 20.0 Å². The molecule has 0 atom stereocenters. The zero-order chi connectivity index (χ0) is 19.4. The molecule has 0 spiro atoms. The Morgan fingerprint density at radius 2 is 1.00 bits per heavy atom. The molecular formula is C22H32N2O2. The molecule has 4 nitrogen and oxygen atoms in total. The molecule has 26 heavy (non-hydrogen) atoms. The van der Waals surface area contributed by atoms with E-state index in [2.05, 4.69) is 49.9 Å². The first kappa shape index (κ1) is 20.3. The van der Waals surface area contributed by atoms with Crippen LogP contribution in [-0.4, -0.2) is 47.2 Å². The first-order chi connectivity index (χ1) is 12.2. The third kappa shape index (κ3) is 5.23. The summed E-state index contributed by atoms with van der Waals surface area (Å²) in [5.41, 5.74) is 6.14. The van der Waals surface area contributed by atoms with Gasteiger partial charge in [0.15, 0.2) is 0 Å². The van der Waals surface area contributed by atoms with Crippen LogP contribution in [0.25, 0.3) is 0 Å². The van der Waals surface area contributed by atoms with Crippen molar-refractivity contribution in [1.29, 1.82) is 0 Å². The van der Waals surface area contributed by atoms with Crippen LogP contribution in [0.3, 0.4) is 0 Å². The largest absolute Gasteiger partial charge is 0.507 e. The molecule has 0 unspecified atom stereocenters. The average molecular weight is 357 g/mol. The van der Waals surface area contributed by atoms with E-state index in [1.807, 2.05) is 26.0 Å². The fourth-order valence-corrected chi connectivity index (χ4v) is 3.42. The average Bonchev–Trinajstić information content (AvgIpc) is 2.55. The third-order valence-corrected chi connectivity index (χ3v) is 4.79. The molecule has 0 aliphatic rings. The lowest BCUT2D eigenvalue weighted by Gasteiger charge is -2.23. The maximum atomic E-state index is 10.3. The number of benzene rings is 2. The first-order valence-electron chi connectivity index (χ1n) is 9.12. The minimum atomic E-state index is 0.399. The number of phenols is 2. The maximum Gasteiger partial charge on any atom is 0.122 e. The molecule has 0 bridgehead atoms. The summed E-state index contributed by atoms with van der Waals surface area (Å²) in [6, 6.07) is 8.11. The second-order valence-electron chi connectivity index (χ2n) is 7.65. The van der Waals surface area contributed by atoms with E-state index in [0.717, 1.165) is 48.4 Å². The number of phenolic OH excluding ortho intramolecular Hbond substituents is 2. The van der Waals surface area contributed by atoms with Crippen molar-refractivity contribution < 1.29 is 10.2 Å². The Labute approximate surface area is 157 Å². The lowest BCUT2D eigenvalue weighted by Crippen LogP contribution is -2.30. The summed E-state index contributed by atoms with van der Waals surface area (Å²) < 4.78 is 0. The lowest BCUT2D eigenvalue weighted by atomic mass is 10.0. The van der Waals surface area contributed by atoms with E-state index < -0.39 is 0 Å². The van der Waals surface area contributed by atoms with Crippen LogP contribution >= 0.6 is 0 Å². The van der Waals surface area contributed by atoms with E-state index in [9.17, 15) is 10.2 Å². The zero-order valence-electron chi connectivity index (χ0n) is 16.9. The summed E-state index contributed by atoms with van der Waals surface area (Å²) in [7, 11) is 4.14. The van der Waals surface area contributed by atoms with Crippen LogP contribution < -0.4 is 0 Å². The van der Waals surface area contributed by atoms with Crippen molar-refractivity contribution in [2.75, 3.05) is 27.2 Å². The molecule has 0 radical (unpaired) electrons. The Bertz CT molecular complexity index is 706. The van der Waals surface area contributed by atoms with Gasteiger partial charge in [-0.05, 0) is 52.9 Å². The number of rotatable bonds is 7. The summed E-state index contributed by atoms with van der Waals surface area (Å²) in [6.45, 7) is 11.2. The molecule has 0 heterocycles. The van der Waals surface area contributed by atoms with Crippen LogP contribution in [0.5, 0.6) is 11.5 Å². The molecular weight excluding hydrogens is 324 g/mol. The highest BCUT2D eigenvalue weighted by molar-refractivity contribution is 5.43. The van der Waals surface area contributed by atoms with Crippen molar-refractivity contribution in [3.8, 4) is 11.5 Å². The molecule has 0 aromatic heterocycles. The van der Waals surface area contributed by atoms with Crippen molar-refractivity contribution in [3.63, 3.8) is 0 Å². The highest BCUT2D eigenvalue weighted by Gasteiger charge is 2.11. The summed E-state index contributed by atoms with van der Waals surface area (Å²) in [6.07, 6.45) is 0. The second kappa shape index (κ2) is 8.56. The molecule has 4 heteroatoms. The predicted octanol–water partition coefficient (Wildman–Crippen LogP) is 3.90. The molecule has 142 valence electrons. The quantitative estimate of drug-likeness (QED) is 0.790. The first-order valence-corrected chi connectivity index (χ1v) is 9.12. The van der Waals surface area contributed by atoms with E-state index in [1.54, 1.807) is 0 Å². The Hall–Kier alpha value is -2.04. The molecule has 0 amide bonds. The molecule has 2 N–H and O–H groups in total. The van der Waals surface area contributed by atoms with Gasteiger partial charge in [0.25, 0.3) is 0 Å². The number of hydrogen-bond donors (Lipinski definition) is 2. The highest BCUT2D eigenvalue weighted by Crippen LogP contribution is 2.26. The van der Waals surface area contributed by atoms with Gasteiger partial charge in [-0.1, -0.05) is 35.4 Å². The molecule has 2 rings (SSSR count). The monoisotopic (exact) mass is 356 g/mol. The topological polar surface area (TPSA) is 46.9 Å². The fraction of sp³-hybridized carbons (Fsp3) is 0.455. The number of hydrogen-bond acceptors (Lipinski definition) is 4. The summed E-state index contributed by atoms with van der Waals surface area (Å²) in [5, 5.41) is 20.5. The number of likely N-dealkylation sites (N-methyl/N-ethyl adjacent to an activating group) is 2. The van der Waals surface area contributed by atoms with Gasteiger partial charge >= 0.3 is 0 Å². The van der Waals surface area contributed by atoms with Crippen molar-refractivity contribution in [2.45, 2.75) is 40.8 Å². The van der Waals surface area contributed by atoms with Crippen LogP contribution in [0.4, 0.5) is 0 Å². The molecule has 0 aliphatic heterocycles. The Morgan fingerprint density at radius 3 is 1.35 bits per heavy atom.